The fraction of sp³-hybridized carbons (Fsp3) is 0.0370. The van der Waals surface area contributed by atoms with Crippen LogP contribution in [0.1, 0.15) is 31.2 Å². The minimum absolute atomic E-state index is 0.0984. The summed E-state index contributed by atoms with van der Waals surface area (Å²) in [7, 11) is 1.67. The van der Waals surface area contributed by atoms with Crippen molar-refractivity contribution in [2.75, 3.05) is 12.4 Å². The third-order valence-electron chi connectivity index (χ3n) is 5.65. The fourth-order valence-electron chi connectivity index (χ4n) is 4.08. The summed E-state index contributed by atoms with van der Waals surface area (Å²) in [6.45, 7) is 0. The number of fused-ring (bicyclic) bond motifs is 2. The standard InChI is InChI=1S/C27H18ClNO3S/c1-29-27-22(25(32)26(33-27)23(30)15-10-12-18(28)13-11-15)24(31)21-19-8-4-2-6-16(19)14-17-7-3-5-9-20(17)21/h2-14,29,32H,1H3. The first-order chi connectivity index (χ1) is 16.0. The maximum Gasteiger partial charge on any atom is 0.206 e. The van der Waals surface area contributed by atoms with Gasteiger partial charge in [0.25, 0.3) is 0 Å². The number of benzene rings is 4. The van der Waals surface area contributed by atoms with Gasteiger partial charge in [-0.05, 0) is 51.9 Å². The van der Waals surface area contributed by atoms with Crippen molar-refractivity contribution in [1.82, 2.24) is 0 Å². The molecular weight excluding hydrogens is 454 g/mol. The normalized spacial score (nSPS) is 11.1. The molecule has 1 heterocycles. The number of carbonyl (C=O) groups excluding carboxylic acids is 2. The van der Waals surface area contributed by atoms with E-state index < -0.39 is 0 Å². The van der Waals surface area contributed by atoms with Crippen LogP contribution in [0, 0.1) is 0 Å². The van der Waals surface area contributed by atoms with E-state index in [0.717, 1.165) is 32.9 Å². The van der Waals surface area contributed by atoms with Gasteiger partial charge >= 0.3 is 0 Å². The van der Waals surface area contributed by atoms with Crippen LogP contribution in [0.4, 0.5) is 5.00 Å². The lowest BCUT2D eigenvalue weighted by atomic mass is 9.91. The van der Waals surface area contributed by atoms with Gasteiger partial charge in [-0.25, -0.2) is 0 Å². The first kappa shape index (κ1) is 21.2. The lowest BCUT2D eigenvalue weighted by Crippen LogP contribution is -2.06. The number of halogens is 1. The van der Waals surface area contributed by atoms with E-state index in [4.69, 9.17) is 11.6 Å². The van der Waals surface area contributed by atoms with E-state index >= 15 is 0 Å². The van der Waals surface area contributed by atoms with E-state index in [2.05, 4.69) is 5.32 Å². The van der Waals surface area contributed by atoms with Crippen molar-refractivity contribution in [2.45, 2.75) is 0 Å². The van der Waals surface area contributed by atoms with Crippen LogP contribution in [0.15, 0.2) is 78.9 Å². The Kier molecular flexibility index (Phi) is 5.36. The van der Waals surface area contributed by atoms with Gasteiger partial charge < -0.3 is 10.4 Å². The van der Waals surface area contributed by atoms with E-state index in [9.17, 15) is 14.7 Å². The van der Waals surface area contributed by atoms with Gasteiger partial charge in [0, 0.05) is 23.2 Å². The number of nitrogens with one attached hydrogen (secondary N) is 1. The van der Waals surface area contributed by atoms with Crippen LogP contribution in [-0.2, 0) is 0 Å². The van der Waals surface area contributed by atoms with Gasteiger partial charge in [0.2, 0.25) is 11.6 Å². The molecule has 4 aromatic carbocycles. The Hall–Kier alpha value is -3.67. The van der Waals surface area contributed by atoms with Crippen molar-refractivity contribution < 1.29 is 14.7 Å². The van der Waals surface area contributed by atoms with E-state index in [1.54, 1.807) is 31.3 Å². The second kappa shape index (κ2) is 8.35. The Morgan fingerprint density at radius 3 is 1.97 bits per heavy atom. The molecule has 0 aliphatic carbocycles. The van der Waals surface area contributed by atoms with Crippen LogP contribution in [0.3, 0.4) is 0 Å². The van der Waals surface area contributed by atoms with Crippen LogP contribution in [0.2, 0.25) is 5.02 Å². The summed E-state index contributed by atoms with van der Waals surface area (Å²) in [6, 6.07) is 23.8. The average molecular weight is 472 g/mol. The molecule has 0 aliphatic heterocycles. The van der Waals surface area contributed by atoms with Crippen LogP contribution >= 0.6 is 22.9 Å². The molecule has 162 valence electrons. The molecule has 1 aromatic heterocycles. The van der Waals surface area contributed by atoms with Crippen molar-refractivity contribution in [2.24, 2.45) is 0 Å². The van der Waals surface area contributed by atoms with Crippen LogP contribution in [0.25, 0.3) is 21.5 Å². The highest BCUT2D eigenvalue weighted by Crippen LogP contribution is 2.43. The van der Waals surface area contributed by atoms with Gasteiger partial charge in [-0.2, -0.15) is 0 Å². The van der Waals surface area contributed by atoms with Crippen molar-refractivity contribution in [3.63, 3.8) is 0 Å². The topological polar surface area (TPSA) is 66.4 Å². The van der Waals surface area contributed by atoms with Crippen LogP contribution < -0.4 is 5.32 Å². The smallest absolute Gasteiger partial charge is 0.206 e. The maximum atomic E-state index is 14.0. The SMILES string of the molecule is CNc1sc(C(=O)c2ccc(Cl)cc2)c(O)c1C(=O)c1c2ccccc2cc2ccccc12. The zero-order valence-corrected chi connectivity index (χ0v) is 19.1. The average Bonchev–Trinajstić information content (AvgIpc) is 3.18. The molecule has 0 unspecified atom stereocenters. The fourth-order valence-corrected chi connectivity index (χ4v) is 5.21. The molecule has 0 spiro atoms. The monoisotopic (exact) mass is 471 g/mol. The summed E-state index contributed by atoms with van der Waals surface area (Å²) >= 11 is 7.00. The number of carbonyl (C=O) groups is 2. The minimum Gasteiger partial charge on any atom is -0.505 e. The molecule has 0 bridgehead atoms. The van der Waals surface area contributed by atoms with Crippen molar-refractivity contribution >= 4 is 61.1 Å². The highest BCUT2D eigenvalue weighted by atomic mass is 35.5. The molecule has 2 N–H and O–H groups in total. The second-order valence-electron chi connectivity index (χ2n) is 7.59. The molecule has 0 saturated heterocycles. The summed E-state index contributed by atoms with van der Waals surface area (Å²) < 4.78 is 0. The predicted molar refractivity (Wildman–Crippen MR) is 135 cm³/mol. The zero-order valence-electron chi connectivity index (χ0n) is 17.6. The number of thiophene rings is 1. The Morgan fingerprint density at radius 2 is 1.39 bits per heavy atom. The Balaban J connectivity index is 1.72. The number of rotatable bonds is 5. The zero-order chi connectivity index (χ0) is 23.1. The minimum atomic E-state index is -0.368. The van der Waals surface area contributed by atoms with E-state index in [1.165, 1.54) is 0 Å². The molecule has 4 nitrogen and oxygen atoms in total. The van der Waals surface area contributed by atoms with Gasteiger partial charge in [-0.15, -0.1) is 11.3 Å². The van der Waals surface area contributed by atoms with Gasteiger partial charge in [-0.1, -0.05) is 60.1 Å². The molecule has 0 saturated carbocycles. The molecule has 0 radical (unpaired) electrons. The quantitative estimate of drug-likeness (QED) is 0.216. The summed E-state index contributed by atoms with van der Waals surface area (Å²) in [5, 5.41) is 18.5. The van der Waals surface area contributed by atoms with Crippen molar-refractivity contribution in [3.05, 3.63) is 105 Å². The summed E-state index contributed by atoms with van der Waals surface area (Å²) in [5.41, 5.74) is 0.980. The third kappa shape index (κ3) is 3.55. The van der Waals surface area contributed by atoms with E-state index in [1.807, 2.05) is 54.6 Å². The summed E-state index contributed by atoms with van der Waals surface area (Å²) in [6.07, 6.45) is 0. The summed E-state index contributed by atoms with van der Waals surface area (Å²) in [4.78, 5) is 27.2. The Morgan fingerprint density at radius 1 is 0.818 bits per heavy atom. The van der Waals surface area contributed by atoms with Crippen LogP contribution in [0.5, 0.6) is 5.75 Å². The number of ketones is 2. The summed E-state index contributed by atoms with van der Waals surface area (Å²) in [5.74, 6) is -1.02. The third-order valence-corrected chi connectivity index (χ3v) is 7.10. The molecule has 6 heteroatoms. The number of hydrogen-bond donors (Lipinski definition) is 2. The first-order valence-corrected chi connectivity index (χ1v) is 11.5. The highest BCUT2D eigenvalue weighted by Gasteiger charge is 2.29. The lowest BCUT2D eigenvalue weighted by molar-refractivity contribution is 0.104. The molecule has 0 atom stereocenters. The van der Waals surface area contributed by atoms with Gasteiger partial charge in [-0.3, -0.25) is 9.59 Å². The molecule has 0 aliphatic rings. The van der Waals surface area contributed by atoms with Gasteiger partial charge in [0.15, 0.2) is 5.75 Å². The number of anilines is 1. The molecule has 33 heavy (non-hydrogen) atoms. The number of aromatic hydroxyl groups is 1. The second-order valence-corrected chi connectivity index (χ2v) is 9.05. The predicted octanol–water partition coefficient (Wildman–Crippen LogP) is 6.92. The van der Waals surface area contributed by atoms with Gasteiger partial charge in [0.1, 0.15) is 9.88 Å². The van der Waals surface area contributed by atoms with Crippen LogP contribution in [-0.4, -0.2) is 23.7 Å². The Labute approximate surface area is 199 Å². The lowest BCUT2D eigenvalue weighted by Gasteiger charge is -2.11. The molecule has 0 amide bonds. The first-order valence-electron chi connectivity index (χ1n) is 10.3. The highest BCUT2D eigenvalue weighted by molar-refractivity contribution is 7.19. The maximum absolute atomic E-state index is 14.0. The van der Waals surface area contributed by atoms with Crippen molar-refractivity contribution in [1.29, 1.82) is 0 Å². The van der Waals surface area contributed by atoms with Gasteiger partial charge in [0.05, 0.1) is 5.56 Å². The van der Waals surface area contributed by atoms with E-state index in [-0.39, 0.29) is 27.8 Å². The number of hydrogen-bond acceptors (Lipinski definition) is 5. The largest absolute Gasteiger partial charge is 0.505 e. The molecule has 5 aromatic rings. The molecule has 5 rings (SSSR count). The van der Waals surface area contributed by atoms with Crippen molar-refractivity contribution in [3.8, 4) is 5.75 Å². The van der Waals surface area contributed by atoms with E-state index in [0.29, 0.717) is 21.2 Å². The molecule has 0 fully saturated rings. The molecular formula is C27H18ClNO3S. The Bertz CT molecular complexity index is 1500.